The molecule has 0 saturated carbocycles. The second kappa shape index (κ2) is 8.11. The van der Waals surface area contributed by atoms with Gasteiger partial charge in [-0.2, -0.15) is 0 Å². The highest BCUT2D eigenvalue weighted by atomic mass is 16.5. The van der Waals surface area contributed by atoms with Gasteiger partial charge in [0.1, 0.15) is 0 Å². The van der Waals surface area contributed by atoms with Gasteiger partial charge in [0, 0.05) is 31.7 Å². The first-order chi connectivity index (χ1) is 10.1. The van der Waals surface area contributed by atoms with Crippen LogP contribution in [0, 0.1) is 5.92 Å². The Kier molecular flexibility index (Phi) is 6.45. The number of aliphatic hydroxyl groups excluding tert-OH is 1. The summed E-state index contributed by atoms with van der Waals surface area (Å²) in [7, 11) is 0. The first kappa shape index (κ1) is 16.7. The van der Waals surface area contributed by atoms with Crippen molar-refractivity contribution in [3.05, 3.63) is 0 Å². The number of hydrogen-bond donors (Lipinski definition) is 2. The molecule has 2 N–H and O–H groups in total. The molecule has 0 aromatic rings. The molecule has 5 nitrogen and oxygen atoms in total. The molecule has 2 rings (SSSR count). The molecular weight excluding hydrogens is 270 g/mol. The number of nitrogens with zero attached hydrogens (tertiary/aromatic N) is 1. The van der Waals surface area contributed by atoms with Crippen molar-refractivity contribution in [3.8, 4) is 0 Å². The number of hydrogen-bond acceptors (Lipinski definition) is 4. The molecule has 2 fully saturated rings. The molecule has 3 atom stereocenters. The fourth-order valence-electron chi connectivity index (χ4n) is 3.86. The van der Waals surface area contributed by atoms with Crippen LogP contribution in [0.15, 0.2) is 0 Å². The summed E-state index contributed by atoms with van der Waals surface area (Å²) in [5, 5.41) is 19.1. The Balaban J connectivity index is 1.74. The van der Waals surface area contributed by atoms with E-state index in [9.17, 15) is 9.90 Å². The van der Waals surface area contributed by atoms with Crippen molar-refractivity contribution < 1.29 is 19.7 Å². The summed E-state index contributed by atoms with van der Waals surface area (Å²) in [4.78, 5) is 13.3. The molecule has 0 aliphatic carbocycles. The van der Waals surface area contributed by atoms with E-state index in [1.165, 1.54) is 0 Å². The van der Waals surface area contributed by atoms with Crippen LogP contribution < -0.4 is 0 Å². The Morgan fingerprint density at radius 1 is 1.33 bits per heavy atom. The Morgan fingerprint density at radius 2 is 2.00 bits per heavy atom. The third-order valence-electron chi connectivity index (χ3n) is 4.82. The van der Waals surface area contributed by atoms with Crippen LogP contribution in [-0.4, -0.2) is 59.0 Å². The fraction of sp³-hybridized carbons (Fsp3) is 0.938. The van der Waals surface area contributed by atoms with Crippen LogP contribution in [-0.2, 0) is 9.53 Å². The van der Waals surface area contributed by atoms with Gasteiger partial charge in [-0.1, -0.05) is 13.3 Å². The third kappa shape index (κ3) is 4.94. The Morgan fingerprint density at radius 3 is 2.57 bits per heavy atom. The highest BCUT2D eigenvalue weighted by Crippen LogP contribution is 2.39. The minimum atomic E-state index is -0.683. The zero-order chi connectivity index (χ0) is 15.2. The summed E-state index contributed by atoms with van der Waals surface area (Å²) in [6, 6.07) is 0.914. The summed E-state index contributed by atoms with van der Waals surface area (Å²) in [5.41, 5.74) is 0. The number of aliphatic hydroxyl groups is 1. The predicted octanol–water partition coefficient (Wildman–Crippen LogP) is 1.88. The SMILES string of the molecule is CCCCOCC(O)CN1C2CCC1CC(CC(=O)O)C2. The van der Waals surface area contributed by atoms with Crippen molar-refractivity contribution in [3.63, 3.8) is 0 Å². The van der Waals surface area contributed by atoms with Crippen molar-refractivity contribution in [2.75, 3.05) is 19.8 Å². The van der Waals surface area contributed by atoms with E-state index in [1.54, 1.807) is 0 Å². The molecule has 2 aliphatic rings. The highest BCUT2D eigenvalue weighted by Gasteiger charge is 2.41. The Labute approximate surface area is 127 Å². The molecule has 122 valence electrons. The van der Waals surface area contributed by atoms with Crippen LogP contribution in [0.25, 0.3) is 0 Å². The van der Waals surface area contributed by atoms with Crippen molar-refractivity contribution in [2.24, 2.45) is 5.92 Å². The summed E-state index contributed by atoms with van der Waals surface area (Å²) in [6.07, 6.45) is 6.23. The quantitative estimate of drug-likeness (QED) is 0.636. The molecule has 2 aliphatic heterocycles. The zero-order valence-electron chi connectivity index (χ0n) is 13.0. The second-order valence-corrected chi connectivity index (χ2v) is 6.60. The van der Waals surface area contributed by atoms with E-state index in [2.05, 4.69) is 11.8 Å². The third-order valence-corrected chi connectivity index (χ3v) is 4.82. The van der Waals surface area contributed by atoms with E-state index >= 15 is 0 Å². The van der Waals surface area contributed by atoms with Crippen molar-refractivity contribution in [1.82, 2.24) is 4.90 Å². The zero-order valence-corrected chi connectivity index (χ0v) is 13.0. The lowest BCUT2D eigenvalue weighted by atomic mass is 9.88. The molecule has 2 heterocycles. The number of aliphatic carboxylic acids is 1. The van der Waals surface area contributed by atoms with Crippen LogP contribution in [0.5, 0.6) is 0 Å². The van der Waals surface area contributed by atoms with Crippen LogP contribution in [0.4, 0.5) is 0 Å². The lowest BCUT2D eigenvalue weighted by Gasteiger charge is -2.39. The second-order valence-electron chi connectivity index (χ2n) is 6.60. The van der Waals surface area contributed by atoms with Gasteiger partial charge in [-0.15, -0.1) is 0 Å². The molecule has 21 heavy (non-hydrogen) atoms. The van der Waals surface area contributed by atoms with E-state index in [0.29, 0.717) is 37.6 Å². The van der Waals surface area contributed by atoms with E-state index < -0.39 is 12.1 Å². The van der Waals surface area contributed by atoms with E-state index in [0.717, 1.165) is 45.1 Å². The summed E-state index contributed by atoms with van der Waals surface area (Å²) >= 11 is 0. The largest absolute Gasteiger partial charge is 0.481 e. The smallest absolute Gasteiger partial charge is 0.303 e. The molecule has 0 amide bonds. The van der Waals surface area contributed by atoms with Gasteiger partial charge in [0.15, 0.2) is 0 Å². The standard InChI is InChI=1S/C16H29NO4/c1-2-3-6-21-11-15(18)10-17-13-4-5-14(17)8-12(7-13)9-16(19)20/h12-15,18H,2-11H2,1H3,(H,19,20). The van der Waals surface area contributed by atoms with Crippen LogP contribution in [0.2, 0.25) is 0 Å². The number of carboxylic acids is 1. The molecule has 3 unspecified atom stereocenters. The highest BCUT2D eigenvalue weighted by molar-refractivity contribution is 5.67. The summed E-state index contributed by atoms with van der Waals surface area (Å²) in [6.45, 7) is 3.93. The molecular formula is C16H29NO4. The van der Waals surface area contributed by atoms with Gasteiger partial charge in [0.25, 0.3) is 0 Å². The Bertz CT molecular complexity index is 322. The normalized spacial score (nSPS) is 30.5. The number of unbranched alkanes of at least 4 members (excludes halogenated alkanes) is 1. The molecule has 0 aromatic heterocycles. The first-order valence-corrected chi connectivity index (χ1v) is 8.33. The lowest BCUT2D eigenvalue weighted by molar-refractivity contribution is -0.138. The first-order valence-electron chi connectivity index (χ1n) is 8.33. The number of carboxylic acid groups (broad SMARTS) is 1. The summed E-state index contributed by atoms with van der Waals surface area (Å²) < 4.78 is 5.49. The van der Waals surface area contributed by atoms with Crippen LogP contribution >= 0.6 is 0 Å². The van der Waals surface area contributed by atoms with E-state index in [4.69, 9.17) is 9.84 Å². The van der Waals surface area contributed by atoms with Gasteiger partial charge in [-0.3, -0.25) is 9.69 Å². The summed E-state index contributed by atoms with van der Waals surface area (Å²) in [5.74, 6) is -0.369. The minimum absolute atomic E-state index is 0.295. The molecule has 5 heteroatoms. The van der Waals surface area contributed by atoms with Crippen molar-refractivity contribution in [2.45, 2.75) is 70.1 Å². The van der Waals surface area contributed by atoms with Crippen molar-refractivity contribution >= 4 is 5.97 Å². The van der Waals surface area contributed by atoms with Crippen molar-refractivity contribution in [1.29, 1.82) is 0 Å². The Hall–Kier alpha value is -0.650. The minimum Gasteiger partial charge on any atom is -0.481 e. The average Bonchev–Trinajstić information content (AvgIpc) is 2.66. The number of carbonyl (C=O) groups is 1. The van der Waals surface area contributed by atoms with Crippen LogP contribution in [0.3, 0.4) is 0 Å². The van der Waals surface area contributed by atoms with E-state index in [-0.39, 0.29) is 0 Å². The average molecular weight is 299 g/mol. The maximum atomic E-state index is 10.9. The number of piperidine rings is 1. The fourth-order valence-corrected chi connectivity index (χ4v) is 3.86. The molecule has 0 aromatic carbocycles. The predicted molar refractivity (Wildman–Crippen MR) is 80.2 cm³/mol. The number of fused-ring (bicyclic) bond motifs is 2. The number of ether oxygens (including phenoxy) is 1. The molecule has 0 radical (unpaired) electrons. The van der Waals surface area contributed by atoms with Gasteiger partial charge in [-0.25, -0.2) is 0 Å². The maximum Gasteiger partial charge on any atom is 0.303 e. The van der Waals surface area contributed by atoms with Gasteiger partial charge in [0.2, 0.25) is 0 Å². The topological polar surface area (TPSA) is 70.0 Å². The maximum absolute atomic E-state index is 10.9. The van der Waals surface area contributed by atoms with Gasteiger partial charge >= 0.3 is 5.97 Å². The number of rotatable bonds is 9. The van der Waals surface area contributed by atoms with Gasteiger partial charge < -0.3 is 14.9 Å². The molecule has 2 saturated heterocycles. The monoisotopic (exact) mass is 299 g/mol. The van der Waals surface area contributed by atoms with E-state index in [1.807, 2.05) is 0 Å². The van der Waals surface area contributed by atoms with Gasteiger partial charge in [0.05, 0.1) is 12.7 Å². The lowest BCUT2D eigenvalue weighted by Crippen LogP contribution is -2.47. The molecule has 2 bridgehead atoms. The van der Waals surface area contributed by atoms with Crippen LogP contribution in [0.1, 0.15) is 51.9 Å². The van der Waals surface area contributed by atoms with Gasteiger partial charge in [-0.05, 0) is 38.0 Å². The molecule has 0 spiro atoms.